The van der Waals surface area contributed by atoms with Gasteiger partial charge in [-0.15, -0.1) is 0 Å². The summed E-state index contributed by atoms with van der Waals surface area (Å²) in [6, 6.07) is 2.40. The molecular weight excluding hydrogens is 273 g/mol. The summed E-state index contributed by atoms with van der Waals surface area (Å²) in [5.41, 5.74) is -0.366. The summed E-state index contributed by atoms with van der Waals surface area (Å²) in [7, 11) is 0. The number of halogens is 3. The number of aryl methyl sites for hydroxylation is 1. The fourth-order valence-corrected chi connectivity index (χ4v) is 1.77. The summed E-state index contributed by atoms with van der Waals surface area (Å²) < 4.78 is 49.9. The number of carbonyl (C=O) groups excluding carboxylic acids is 1. The Hall–Kier alpha value is -2.24. The number of hydrogen-bond acceptors (Lipinski definition) is 3. The van der Waals surface area contributed by atoms with Crippen molar-refractivity contribution in [1.82, 2.24) is 0 Å². The number of benzene rings is 1. The molecule has 0 N–H and O–H groups in total. The van der Waals surface area contributed by atoms with E-state index in [-0.39, 0.29) is 23.5 Å². The number of hydrogen-bond donors (Lipinski definition) is 0. The Bertz CT molecular complexity index is 662. The van der Waals surface area contributed by atoms with Crippen LogP contribution in [-0.4, -0.2) is 12.6 Å². The molecule has 0 bridgehead atoms. The van der Waals surface area contributed by atoms with Crippen LogP contribution in [0.25, 0.3) is 11.3 Å². The van der Waals surface area contributed by atoms with E-state index in [1.165, 1.54) is 6.07 Å². The van der Waals surface area contributed by atoms with E-state index in [9.17, 15) is 18.0 Å². The monoisotopic (exact) mass is 284 g/mol. The van der Waals surface area contributed by atoms with E-state index < -0.39 is 23.4 Å². The zero-order valence-electron chi connectivity index (χ0n) is 10.8. The first-order valence-corrected chi connectivity index (χ1v) is 5.86. The minimum Gasteiger partial charge on any atom is -0.462 e. The second-order valence-corrected chi connectivity index (χ2v) is 4.07. The minimum atomic E-state index is -1.31. The predicted octanol–water partition coefficient (Wildman–Crippen LogP) is 3.85. The molecule has 20 heavy (non-hydrogen) atoms. The van der Waals surface area contributed by atoms with Gasteiger partial charge in [-0.25, -0.2) is 18.0 Å². The molecule has 1 aromatic carbocycles. The van der Waals surface area contributed by atoms with Crippen molar-refractivity contribution in [3.05, 3.63) is 47.0 Å². The lowest BCUT2D eigenvalue weighted by Crippen LogP contribution is -2.05. The number of rotatable bonds is 3. The Morgan fingerprint density at radius 3 is 2.45 bits per heavy atom. The van der Waals surface area contributed by atoms with Gasteiger partial charge in [-0.05, 0) is 26.0 Å². The standard InChI is InChI=1S/C14H11F3O3/c1-3-19-14(18)9-4-7(2)20-13(9)8-5-11(16)12(17)6-10(8)15/h4-6H,3H2,1-2H3. The maximum Gasteiger partial charge on any atom is 0.342 e. The van der Waals surface area contributed by atoms with Gasteiger partial charge in [0.1, 0.15) is 17.1 Å². The van der Waals surface area contributed by atoms with Crippen LogP contribution in [0.1, 0.15) is 23.0 Å². The molecule has 0 saturated carbocycles. The largest absolute Gasteiger partial charge is 0.462 e. The average Bonchev–Trinajstić information content (AvgIpc) is 2.76. The molecule has 0 radical (unpaired) electrons. The third-order valence-electron chi connectivity index (χ3n) is 2.61. The maximum atomic E-state index is 13.7. The molecule has 6 heteroatoms. The molecule has 2 aromatic rings. The van der Waals surface area contributed by atoms with Crippen LogP contribution >= 0.6 is 0 Å². The summed E-state index contributed by atoms with van der Waals surface area (Å²) in [5.74, 6) is -4.14. The SMILES string of the molecule is CCOC(=O)c1cc(C)oc1-c1cc(F)c(F)cc1F. The Labute approximate surface area is 113 Å². The van der Waals surface area contributed by atoms with Crippen molar-refractivity contribution in [3.63, 3.8) is 0 Å². The average molecular weight is 284 g/mol. The molecule has 0 fully saturated rings. The first-order chi connectivity index (χ1) is 9.43. The highest BCUT2D eigenvalue weighted by Crippen LogP contribution is 2.31. The first kappa shape index (κ1) is 14.2. The molecule has 0 amide bonds. The molecule has 0 saturated heterocycles. The van der Waals surface area contributed by atoms with Crippen molar-refractivity contribution in [3.8, 4) is 11.3 Å². The first-order valence-electron chi connectivity index (χ1n) is 5.86. The highest BCUT2D eigenvalue weighted by atomic mass is 19.2. The Morgan fingerprint density at radius 1 is 1.15 bits per heavy atom. The van der Waals surface area contributed by atoms with E-state index >= 15 is 0 Å². The Kier molecular flexibility index (Phi) is 3.83. The zero-order chi connectivity index (χ0) is 14.9. The molecule has 0 spiro atoms. The Morgan fingerprint density at radius 2 is 1.80 bits per heavy atom. The molecule has 0 atom stereocenters. The van der Waals surface area contributed by atoms with Gasteiger partial charge in [0.15, 0.2) is 17.4 Å². The molecular formula is C14H11F3O3. The molecule has 1 heterocycles. The lowest BCUT2D eigenvalue weighted by atomic mass is 10.1. The van der Waals surface area contributed by atoms with Gasteiger partial charge in [-0.2, -0.15) is 0 Å². The third-order valence-corrected chi connectivity index (χ3v) is 2.61. The topological polar surface area (TPSA) is 39.4 Å². The molecule has 1 aromatic heterocycles. The van der Waals surface area contributed by atoms with E-state index in [4.69, 9.17) is 9.15 Å². The van der Waals surface area contributed by atoms with E-state index in [1.54, 1.807) is 13.8 Å². The molecule has 0 unspecified atom stereocenters. The van der Waals surface area contributed by atoms with Crippen LogP contribution in [0.2, 0.25) is 0 Å². The number of furan rings is 1. The molecule has 0 aliphatic rings. The van der Waals surface area contributed by atoms with E-state index in [0.717, 1.165) is 0 Å². The van der Waals surface area contributed by atoms with Crippen molar-refractivity contribution >= 4 is 5.97 Å². The van der Waals surface area contributed by atoms with Gasteiger partial charge in [-0.1, -0.05) is 0 Å². The van der Waals surface area contributed by atoms with Crippen molar-refractivity contribution in [2.75, 3.05) is 6.61 Å². The van der Waals surface area contributed by atoms with E-state index in [1.807, 2.05) is 0 Å². The van der Waals surface area contributed by atoms with Crippen molar-refractivity contribution in [2.24, 2.45) is 0 Å². The van der Waals surface area contributed by atoms with Crippen LogP contribution in [0.5, 0.6) is 0 Å². The van der Waals surface area contributed by atoms with Crippen molar-refractivity contribution in [1.29, 1.82) is 0 Å². The predicted molar refractivity (Wildman–Crippen MR) is 64.7 cm³/mol. The fraction of sp³-hybridized carbons (Fsp3) is 0.214. The summed E-state index contributed by atoms with van der Waals surface area (Å²) in [6.45, 7) is 3.29. The second kappa shape index (κ2) is 5.40. The highest BCUT2D eigenvalue weighted by Gasteiger charge is 2.23. The fourth-order valence-electron chi connectivity index (χ4n) is 1.77. The third kappa shape index (κ3) is 2.54. The normalized spacial score (nSPS) is 10.7. The van der Waals surface area contributed by atoms with Crippen LogP contribution in [0.15, 0.2) is 22.6 Å². The molecule has 106 valence electrons. The van der Waals surface area contributed by atoms with E-state index in [2.05, 4.69) is 0 Å². The van der Waals surface area contributed by atoms with Gasteiger partial charge in [0.05, 0.1) is 12.2 Å². The van der Waals surface area contributed by atoms with E-state index in [0.29, 0.717) is 17.9 Å². The summed E-state index contributed by atoms with van der Waals surface area (Å²) >= 11 is 0. The lowest BCUT2D eigenvalue weighted by molar-refractivity contribution is 0.0526. The maximum absolute atomic E-state index is 13.7. The lowest BCUT2D eigenvalue weighted by Gasteiger charge is -2.05. The van der Waals surface area contributed by atoms with Gasteiger partial charge in [0, 0.05) is 6.07 Å². The van der Waals surface area contributed by atoms with Gasteiger partial charge >= 0.3 is 5.97 Å². The zero-order valence-corrected chi connectivity index (χ0v) is 10.8. The summed E-state index contributed by atoms with van der Waals surface area (Å²) in [6.07, 6.45) is 0. The smallest absolute Gasteiger partial charge is 0.342 e. The van der Waals surface area contributed by atoms with Crippen molar-refractivity contribution in [2.45, 2.75) is 13.8 Å². The minimum absolute atomic E-state index is 0.0331. The van der Waals surface area contributed by atoms with Crippen LogP contribution in [-0.2, 0) is 4.74 Å². The van der Waals surface area contributed by atoms with Gasteiger partial charge in [0.25, 0.3) is 0 Å². The second-order valence-electron chi connectivity index (χ2n) is 4.07. The summed E-state index contributed by atoms with van der Waals surface area (Å²) in [5, 5.41) is 0. The highest BCUT2D eigenvalue weighted by molar-refractivity contribution is 5.96. The van der Waals surface area contributed by atoms with Crippen LogP contribution in [0, 0.1) is 24.4 Å². The van der Waals surface area contributed by atoms with Gasteiger partial charge < -0.3 is 9.15 Å². The van der Waals surface area contributed by atoms with Gasteiger partial charge in [0.2, 0.25) is 0 Å². The molecule has 0 aliphatic carbocycles. The molecule has 3 nitrogen and oxygen atoms in total. The van der Waals surface area contributed by atoms with Crippen LogP contribution in [0.3, 0.4) is 0 Å². The number of carbonyl (C=O) groups is 1. The van der Waals surface area contributed by atoms with Gasteiger partial charge in [-0.3, -0.25) is 0 Å². The van der Waals surface area contributed by atoms with Crippen LogP contribution in [0.4, 0.5) is 13.2 Å². The summed E-state index contributed by atoms with van der Waals surface area (Å²) in [4.78, 5) is 11.7. The van der Waals surface area contributed by atoms with Crippen LogP contribution < -0.4 is 0 Å². The number of ether oxygens (including phenoxy) is 1. The number of esters is 1. The molecule has 0 aliphatic heterocycles. The molecule has 2 rings (SSSR count). The Balaban J connectivity index is 2.58. The quantitative estimate of drug-likeness (QED) is 0.635. The van der Waals surface area contributed by atoms with Crippen molar-refractivity contribution < 1.29 is 27.1 Å².